The smallest absolute Gasteiger partial charge is 0.131 e. The van der Waals surface area contributed by atoms with E-state index in [2.05, 4.69) is 40.9 Å². The Labute approximate surface area is 116 Å². The Kier molecular flexibility index (Phi) is 3.52. The van der Waals surface area contributed by atoms with Crippen molar-refractivity contribution in [2.24, 2.45) is 13.0 Å². The monoisotopic (exact) mass is 262 g/mol. The van der Waals surface area contributed by atoms with Crippen LogP contribution in [0.2, 0.25) is 0 Å². The second-order valence-electron chi connectivity index (χ2n) is 6.34. The van der Waals surface area contributed by atoms with Crippen LogP contribution in [0.3, 0.4) is 0 Å². The molecule has 0 amide bonds. The third-order valence-electron chi connectivity index (χ3n) is 4.54. The van der Waals surface area contributed by atoms with E-state index in [1.165, 1.54) is 55.8 Å². The number of aryl methyl sites for hydroxylation is 2. The molecule has 2 aliphatic rings. The Balaban J connectivity index is 1.77. The maximum Gasteiger partial charge on any atom is 0.131 e. The van der Waals surface area contributed by atoms with E-state index in [0.29, 0.717) is 0 Å². The van der Waals surface area contributed by atoms with Crippen LogP contribution in [-0.2, 0) is 13.6 Å². The summed E-state index contributed by atoms with van der Waals surface area (Å²) in [4.78, 5) is 2.53. The lowest BCUT2D eigenvalue weighted by Gasteiger charge is -2.32. The van der Waals surface area contributed by atoms with Gasteiger partial charge in [-0.2, -0.15) is 5.10 Å². The minimum atomic E-state index is 0.758. The van der Waals surface area contributed by atoms with Crippen molar-refractivity contribution in [3.8, 4) is 0 Å². The fourth-order valence-corrected chi connectivity index (χ4v) is 3.05. The molecule has 1 aliphatic carbocycles. The Morgan fingerprint density at radius 2 is 1.89 bits per heavy atom. The van der Waals surface area contributed by atoms with Crippen molar-refractivity contribution in [1.82, 2.24) is 15.1 Å². The van der Waals surface area contributed by atoms with E-state index in [-0.39, 0.29) is 0 Å². The standard InChI is InChI=1S/C15H26N4/c1-11-6-8-19(9-7-11)15-14(10-16-13-4-5-13)12(2)17-18(15)3/h11,13,16H,4-10H2,1-3H3. The summed E-state index contributed by atoms with van der Waals surface area (Å²) in [6, 6.07) is 0.758. The van der Waals surface area contributed by atoms with Crippen molar-refractivity contribution in [2.45, 2.75) is 52.1 Å². The van der Waals surface area contributed by atoms with Crippen molar-refractivity contribution < 1.29 is 0 Å². The largest absolute Gasteiger partial charge is 0.357 e. The van der Waals surface area contributed by atoms with Crippen LogP contribution in [0, 0.1) is 12.8 Å². The Morgan fingerprint density at radius 3 is 2.53 bits per heavy atom. The summed E-state index contributed by atoms with van der Waals surface area (Å²) in [6.07, 6.45) is 5.30. The van der Waals surface area contributed by atoms with E-state index >= 15 is 0 Å². The van der Waals surface area contributed by atoms with Gasteiger partial charge >= 0.3 is 0 Å². The molecule has 0 atom stereocenters. The summed E-state index contributed by atoms with van der Waals surface area (Å²) in [5.74, 6) is 2.22. The van der Waals surface area contributed by atoms with Gasteiger partial charge in [-0.15, -0.1) is 0 Å². The predicted octanol–water partition coefficient (Wildman–Crippen LogP) is 2.22. The predicted molar refractivity (Wildman–Crippen MR) is 78.4 cm³/mol. The Bertz CT molecular complexity index is 439. The van der Waals surface area contributed by atoms with Gasteiger partial charge in [-0.1, -0.05) is 6.92 Å². The summed E-state index contributed by atoms with van der Waals surface area (Å²) >= 11 is 0. The quantitative estimate of drug-likeness (QED) is 0.903. The fraction of sp³-hybridized carbons (Fsp3) is 0.800. The Morgan fingerprint density at radius 1 is 1.21 bits per heavy atom. The first-order valence-electron chi connectivity index (χ1n) is 7.66. The van der Waals surface area contributed by atoms with Gasteiger partial charge in [0.05, 0.1) is 5.69 Å². The van der Waals surface area contributed by atoms with Gasteiger partial charge in [0.1, 0.15) is 5.82 Å². The lowest BCUT2D eigenvalue weighted by molar-refractivity contribution is 0.432. The summed E-state index contributed by atoms with van der Waals surface area (Å²) in [5, 5.41) is 8.27. The van der Waals surface area contributed by atoms with Gasteiger partial charge in [0, 0.05) is 38.3 Å². The van der Waals surface area contributed by atoms with E-state index in [0.717, 1.165) is 18.5 Å². The van der Waals surface area contributed by atoms with Crippen LogP contribution < -0.4 is 10.2 Å². The zero-order valence-corrected chi connectivity index (χ0v) is 12.4. The molecule has 106 valence electrons. The highest BCUT2D eigenvalue weighted by Gasteiger charge is 2.25. The molecule has 2 fully saturated rings. The van der Waals surface area contributed by atoms with Gasteiger partial charge in [-0.25, -0.2) is 0 Å². The van der Waals surface area contributed by atoms with E-state index in [4.69, 9.17) is 0 Å². The van der Waals surface area contributed by atoms with Crippen molar-refractivity contribution in [3.05, 3.63) is 11.3 Å². The number of rotatable bonds is 4. The second-order valence-corrected chi connectivity index (χ2v) is 6.34. The van der Waals surface area contributed by atoms with Crippen LogP contribution in [0.4, 0.5) is 5.82 Å². The molecule has 0 spiro atoms. The molecule has 4 nitrogen and oxygen atoms in total. The number of hydrogen-bond acceptors (Lipinski definition) is 3. The normalized spacial score (nSPS) is 21.1. The maximum absolute atomic E-state index is 4.64. The van der Waals surface area contributed by atoms with Gasteiger partial charge in [0.2, 0.25) is 0 Å². The van der Waals surface area contributed by atoms with E-state index in [1.807, 2.05) is 0 Å². The minimum Gasteiger partial charge on any atom is -0.357 e. The summed E-state index contributed by atoms with van der Waals surface area (Å²) in [7, 11) is 2.08. The molecule has 4 heteroatoms. The van der Waals surface area contributed by atoms with E-state index < -0.39 is 0 Å². The molecule has 0 bridgehead atoms. The summed E-state index contributed by atoms with van der Waals surface area (Å²) in [5.41, 5.74) is 2.59. The first-order valence-corrected chi connectivity index (χ1v) is 7.66. The topological polar surface area (TPSA) is 33.1 Å². The van der Waals surface area contributed by atoms with Crippen molar-refractivity contribution >= 4 is 5.82 Å². The van der Waals surface area contributed by atoms with Crippen LogP contribution in [0.5, 0.6) is 0 Å². The van der Waals surface area contributed by atoms with Crippen LogP contribution in [0.1, 0.15) is 43.9 Å². The fourth-order valence-electron chi connectivity index (χ4n) is 3.05. The average molecular weight is 262 g/mol. The number of aromatic nitrogens is 2. The molecule has 0 radical (unpaired) electrons. The molecule has 1 aromatic heterocycles. The SMILES string of the molecule is Cc1nn(C)c(N2CCC(C)CC2)c1CNC1CC1. The van der Waals surface area contributed by atoms with Gasteiger partial charge in [0.25, 0.3) is 0 Å². The first kappa shape index (κ1) is 13.0. The molecule has 1 saturated heterocycles. The van der Waals surface area contributed by atoms with Gasteiger partial charge in [-0.3, -0.25) is 4.68 Å². The second kappa shape index (κ2) is 5.16. The van der Waals surface area contributed by atoms with Gasteiger partial charge in [-0.05, 0) is 38.5 Å². The molecule has 0 unspecified atom stereocenters. The third-order valence-corrected chi connectivity index (χ3v) is 4.54. The lowest BCUT2D eigenvalue weighted by atomic mass is 9.99. The zero-order valence-electron chi connectivity index (χ0n) is 12.4. The number of piperidine rings is 1. The number of nitrogens with one attached hydrogen (secondary N) is 1. The van der Waals surface area contributed by atoms with Crippen molar-refractivity contribution in [1.29, 1.82) is 0 Å². The molecule has 2 heterocycles. The molecule has 1 saturated carbocycles. The van der Waals surface area contributed by atoms with E-state index in [9.17, 15) is 0 Å². The molecular formula is C15H26N4. The van der Waals surface area contributed by atoms with Crippen molar-refractivity contribution in [3.63, 3.8) is 0 Å². The molecule has 0 aromatic carbocycles. The first-order chi connectivity index (χ1) is 9.15. The molecule has 19 heavy (non-hydrogen) atoms. The molecule has 1 aromatic rings. The molecule has 3 rings (SSSR count). The lowest BCUT2D eigenvalue weighted by Crippen LogP contribution is -2.35. The van der Waals surface area contributed by atoms with Crippen LogP contribution in [0.15, 0.2) is 0 Å². The maximum atomic E-state index is 4.64. The highest BCUT2D eigenvalue weighted by Crippen LogP contribution is 2.29. The Hall–Kier alpha value is -1.03. The molecule has 1 N–H and O–H groups in total. The van der Waals surface area contributed by atoms with Crippen molar-refractivity contribution in [2.75, 3.05) is 18.0 Å². The number of anilines is 1. The highest BCUT2D eigenvalue weighted by atomic mass is 15.4. The third kappa shape index (κ3) is 2.78. The number of hydrogen-bond donors (Lipinski definition) is 1. The van der Waals surface area contributed by atoms with Crippen LogP contribution in [0.25, 0.3) is 0 Å². The van der Waals surface area contributed by atoms with Crippen LogP contribution in [-0.4, -0.2) is 28.9 Å². The minimum absolute atomic E-state index is 0.758. The van der Waals surface area contributed by atoms with Crippen LogP contribution >= 0.6 is 0 Å². The van der Waals surface area contributed by atoms with E-state index in [1.54, 1.807) is 0 Å². The zero-order chi connectivity index (χ0) is 13.4. The highest BCUT2D eigenvalue weighted by molar-refractivity contribution is 5.50. The number of nitrogens with zero attached hydrogens (tertiary/aromatic N) is 3. The molecule has 1 aliphatic heterocycles. The van der Waals surface area contributed by atoms with Gasteiger partial charge < -0.3 is 10.2 Å². The molecular weight excluding hydrogens is 236 g/mol. The summed E-state index contributed by atoms with van der Waals surface area (Å²) < 4.78 is 2.08. The van der Waals surface area contributed by atoms with Gasteiger partial charge in [0.15, 0.2) is 0 Å². The average Bonchev–Trinajstić information content (AvgIpc) is 3.15. The summed E-state index contributed by atoms with van der Waals surface area (Å²) in [6.45, 7) is 7.83.